The minimum Gasteiger partial charge on any atom is -0.338 e. The summed E-state index contributed by atoms with van der Waals surface area (Å²) in [5.74, 6) is 3.49. The molecule has 0 saturated heterocycles. The summed E-state index contributed by atoms with van der Waals surface area (Å²) in [5.41, 5.74) is 1.91. The molecule has 5 rings (SSSR count). The molecule has 1 heterocycles. The first kappa shape index (κ1) is 21.6. The molecule has 4 nitrogen and oxygen atoms in total. The van der Waals surface area contributed by atoms with Crippen LogP contribution in [0.3, 0.4) is 0 Å². The molecule has 1 N–H and O–H groups in total. The van der Waals surface area contributed by atoms with Crippen molar-refractivity contribution in [3.05, 3.63) is 30.1 Å². The maximum atomic E-state index is 12.8. The van der Waals surface area contributed by atoms with Crippen molar-refractivity contribution in [3.8, 4) is 0 Å². The molecule has 4 fully saturated rings. The molecular formula is C26H41N3O. The summed E-state index contributed by atoms with van der Waals surface area (Å²) < 4.78 is 0. The highest BCUT2D eigenvalue weighted by Gasteiger charge is 2.50. The van der Waals surface area contributed by atoms with Crippen LogP contribution in [0.15, 0.2) is 24.5 Å². The summed E-state index contributed by atoms with van der Waals surface area (Å²) in [7, 11) is 0. The van der Waals surface area contributed by atoms with Gasteiger partial charge in [0.15, 0.2) is 0 Å². The summed E-state index contributed by atoms with van der Waals surface area (Å²) in [4.78, 5) is 19.0. The van der Waals surface area contributed by atoms with Gasteiger partial charge in [0.05, 0.1) is 0 Å². The lowest BCUT2D eigenvalue weighted by atomic mass is 9.48. The lowest BCUT2D eigenvalue weighted by Gasteiger charge is -2.57. The lowest BCUT2D eigenvalue weighted by molar-refractivity contribution is -0.0586. The molecule has 0 radical (unpaired) electrons. The van der Waals surface area contributed by atoms with Crippen molar-refractivity contribution in [2.75, 3.05) is 19.6 Å². The maximum absolute atomic E-state index is 12.8. The number of rotatable bonds is 10. The first-order valence-electron chi connectivity index (χ1n) is 12.5. The number of nitrogens with one attached hydrogen (secondary N) is 1. The predicted octanol–water partition coefficient (Wildman–Crippen LogP) is 5.68. The van der Waals surface area contributed by atoms with Gasteiger partial charge in [-0.05, 0) is 111 Å². The number of amides is 2. The van der Waals surface area contributed by atoms with E-state index in [-0.39, 0.29) is 6.03 Å². The van der Waals surface area contributed by atoms with Crippen LogP contribution in [-0.4, -0.2) is 35.5 Å². The summed E-state index contributed by atoms with van der Waals surface area (Å²) in [6.45, 7) is 6.89. The van der Waals surface area contributed by atoms with E-state index in [4.69, 9.17) is 0 Å². The van der Waals surface area contributed by atoms with Gasteiger partial charge < -0.3 is 10.2 Å². The molecule has 1 unspecified atom stereocenters. The van der Waals surface area contributed by atoms with Gasteiger partial charge in [0.25, 0.3) is 0 Å². The predicted molar refractivity (Wildman–Crippen MR) is 122 cm³/mol. The van der Waals surface area contributed by atoms with Crippen LogP contribution in [0.25, 0.3) is 0 Å². The second kappa shape index (κ2) is 9.70. The van der Waals surface area contributed by atoms with Gasteiger partial charge >= 0.3 is 6.03 Å². The normalized spacial score (nSPS) is 30.3. The van der Waals surface area contributed by atoms with Crippen LogP contribution in [0.1, 0.15) is 77.2 Å². The number of urea groups is 1. The molecule has 0 aliphatic heterocycles. The molecule has 4 aliphatic rings. The van der Waals surface area contributed by atoms with Crippen LogP contribution in [0.2, 0.25) is 0 Å². The Labute approximate surface area is 183 Å². The SMILES string of the molecule is CCCN(CCCC12CC3CC(CC(C3)C1)C2)C(=O)NCC(C)Cc1ccncc1. The molecule has 4 heteroatoms. The fourth-order valence-electron chi connectivity index (χ4n) is 7.19. The third-order valence-corrected chi connectivity index (χ3v) is 8.02. The van der Waals surface area contributed by atoms with E-state index in [0.29, 0.717) is 11.3 Å². The smallest absolute Gasteiger partial charge is 0.317 e. The van der Waals surface area contributed by atoms with Crippen molar-refractivity contribution in [2.24, 2.45) is 29.1 Å². The Bertz CT molecular complexity index is 653. The van der Waals surface area contributed by atoms with E-state index < -0.39 is 0 Å². The van der Waals surface area contributed by atoms with Gasteiger partial charge in [0, 0.05) is 32.0 Å². The highest BCUT2D eigenvalue weighted by atomic mass is 16.2. The zero-order chi connectivity index (χ0) is 21.0. The lowest BCUT2D eigenvalue weighted by Crippen LogP contribution is -2.46. The molecule has 30 heavy (non-hydrogen) atoms. The van der Waals surface area contributed by atoms with Crippen LogP contribution in [0.5, 0.6) is 0 Å². The number of carbonyl (C=O) groups is 1. The van der Waals surface area contributed by atoms with Crippen LogP contribution >= 0.6 is 0 Å². The molecule has 1 aromatic rings. The molecule has 0 spiro atoms. The van der Waals surface area contributed by atoms with Gasteiger partial charge in [-0.2, -0.15) is 0 Å². The number of carbonyl (C=O) groups excluding carboxylic acids is 1. The molecule has 2 amide bonds. The second-order valence-corrected chi connectivity index (χ2v) is 10.9. The second-order valence-electron chi connectivity index (χ2n) is 10.9. The van der Waals surface area contributed by atoms with Gasteiger partial charge in [-0.15, -0.1) is 0 Å². The standard InChI is InChI=1S/C26H41N3O/c1-3-10-29(25(30)28-19-20(2)12-21-5-8-27-9-6-21)11-4-7-26-16-22-13-23(17-26)15-24(14-22)18-26/h5-6,8-9,20,22-24H,3-4,7,10-19H2,1-2H3,(H,28,30). The van der Waals surface area contributed by atoms with Gasteiger partial charge in [-0.3, -0.25) is 4.98 Å². The number of hydrogen-bond acceptors (Lipinski definition) is 2. The van der Waals surface area contributed by atoms with Crippen molar-refractivity contribution in [2.45, 2.75) is 78.1 Å². The van der Waals surface area contributed by atoms with E-state index in [0.717, 1.165) is 50.2 Å². The third kappa shape index (κ3) is 5.36. The maximum Gasteiger partial charge on any atom is 0.317 e. The van der Waals surface area contributed by atoms with E-state index in [1.807, 2.05) is 12.4 Å². The van der Waals surface area contributed by atoms with E-state index in [1.165, 1.54) is 56.9 Å². The van der Waals surface area contributed by atoms with Gasteiger partial charge in [0.2, 0.25) is 0 Å². The molecule has 4 saturated carbocycles. The summed E-state index contributed by atoms with van der Waals surface area (Å²) >= 11 is 0. The molecule has 1 atom stereocenters. The van der Waals surface area contributed by atoms with E-state index >= 15 is 0 Å². The van der Waals surface area contributed by atoms with Gasteiger partial charge in [-0.25, -0.2) is 4.79 Å². The average molecular weight is 412 g/mol. The first-order valence-corrected chi connectivity index (χ1v) is 12.5. The zero-order valence-corrected chi connectivity index (χ0v) is 19.1. The van der Waals surface area contributed by atoms with Crippen LogP contribution in [-0.2, 0) is 6.42 Å². The fourth-order valence-corrected chi connectivity index (χ4v) is 7.19. The Morgan fingerprint density at radius 1 is 1.13 bits per heavy atom. The number of hydrogen-bond donors (Lipinski definition) is 1. The Balaban J connectivity index is 1.22. The van der Waals surface area contributed by atoms with Crippen LogP contribution in [0.4, 0.5) is 4.79 Å². The number of aromatic nitrogens is 1. The average Bonchev–Trinajstić information content (AvgIpc) is 2.71. The Morgan fingerprint density at radius 3 is 2.37 bits per heavy atom. The van der Waals surface area contributed by atoms with E-state index in [2.05, 4.69) is 41.2 Å². The zero-order valence-electron chi connectivity index (χ0n) is 19.1. The van der Waals surface area contributed by atoms with Crippen molar-refractivity contribution in [1.29, 1.82) is 0 Å². The molecule has 4 aliphatic carbocycles. The van der Waals surface area contributed by atoms with E-state index in [9.17, 15) is 4.79 Å². The monoisotopic (exact) mass is 411 g/mol. The van der Waals surface area contributed by atoms with Crippen molar-refractivity contribution >= 4 is 6.03 Å². The Kier molecular flexibility index (Phi) is 7.00. The summed E-state index contributed by atoms with van der Waals surface area (Å²) in [6, 6.07) is 4.25. The number of pyridine rings is 1. The summed E-state index contributed by atoms with van der Waals surface area (Å²) in [5, 5.41) is 3.20. The van der Waals surface area contributed by atoms with Gasteiger partial charge in [-0.1, -0.05) is 13.8 Å². The fraction of sp³-hybridized carbons (Fsp3) is 0.769. The molecule has 0 aromatic carbocycles. The highest BCUT2D eigenvalue weighted by Crippen LogP contribution is 2.61. The van der Waals surface area contributed by atoms with Gasteiger partial charge in [0.1, 0.15) is 0 Å². The van der Waals surface area contributed by atoms with Crippen LogP contribution in [0, 0.1) is 29.1 Å². The van der Waals surface area contributed by atoms with E-state index in [1.54, 1.807) is 0 Å². The molecule has 1 aromatic heterocycles. The molecular weight excluding hydrogens is 370 g/mol. The largest absolute Gasteiger partial charge is 0.338 e. The first-order chi connectivity index (χ1) is 14.5. The van der Waals surface area contributed by atoms with Crippen molar-refractivity contribution in [3.63, 3.8) is 0 Å². The highest BCUT2D eigenvalue weighted by molar-refractivity contribution is 5.74. The minimum absolute atomic E-state index is 0.129. The quantitative estimate of drug-likeness (QED) is 0.538. The minimum atomic E-state index is 0.129. The van der Waals surface area contributed by atoms with Crippen molar-refractivity contribution in [1.82, 2.24) is 15.2 Å². The topological polar surface area (TPSA) is 45.2 Å². The van der Waals surface area contributed by atoms with Crippen molar-refractivity contribution < 1.29 is 4.79 Å². The van der Waals surface area contributed by atoms with Crippen LogP contribution < -0.4 is 5.32 Å². The number of nitrogens with zero attached hydrogens (tertiary/aromatic N) is 2. The summed E-state index contributed by atoms with van der Waals surface area (Å²) in [6.07, 6.45) is 17.2. The molecule has 166 valence electrons. The third-order valence-electron chi connectivity index (χ3n) is 8.02. The molecule has 4 bridgehead atoms. The Hall–Kier alpha value is -1.58. The Morgan fingerprint density at radius 2 is 1.77 bits per heavy atom.